The van der Waals surface area contributed by atoms with Gasteiger partial charge >= 0.3 is 0 Å². The highest BCUT2D eigenvalue weighted by Crippen LogP contribution is 2.37. The summed E-state index contributed by atoms with van der Waals surface area (Å²) < 4.78 is 13.9. The van der Waals surface area contributed by atoms with Crippen LogP contribution in [0.5, 0.6) is 0 Å². The summed E-state index contributed by atoms with van der Waals surface area (Å²) in [5.41, 5.74) is 1.57. The minimum Gasteiger partial charge on any atom is -0.356 e. The maximum atomic E-state index is 13.9. The predicted molar refractivity (Wildman–Crippen MR) is 93.6 cm³/mol. The lowest BCUT2D eigenvalue weighted by Gasteiger charge is -2.27. The predicted octanol–water partition coefficient (Wildman–Crippen LogP) is 4.80. The number of aryl methyl sites for hydroxylation is 1. The molecule has 0 bridgehead atoms. The third-order valence-corrected chi connectivity index (χ3v) is 5.51. The van der Waals surface area contributed by atoms with E-state index >= 15 is 0 Å². The quantitative estimate of drug-likeness (QED) is 0.677. The number of anilines is 1. The van der Waals surface area contributed by atoms with Gasteiger partial charge in [-0.25, -0.2) is 14.4 Å². The number of nitrogens with zero attached hydrogens (tertiary/aromatic N) is 3. The Bertz CT molecular complexity index is 853. The van der Waals surface area contributed by atoms with Crippen LogP contribution >= 0.6 is 11.3 Å². The highest BCUT2D eigenvalue weighted by Gasteiger charge is 2.17. The van der Waals surface area contributed by atoms with Gasteiger partial charge in [0, 0.05) is 18.0 Å². The van der Waals surface area contributed by atoms with Crippen molar-refractivity contribution in [2.45, 2.75) is 26.2 Å². The monoisotopic (exact) mass is 327 g/mol. The molecule has 0 spiro atoms. The van der Waals surface area contributed by atoms with Crippen molar-refractivity contribution in [3.8, 4) is 10.4 Å². The Morgan fingerprint density at radius 3 is 2.70 bits per heavy atom. The fraction of sp³-hybridized carbons (Fsp3) is 0.333. The summed E-state index contributed by atoms with van der Waals surface area (Å²) in [6, 6.07) is 7.51. The van der Waals surface area contributed by atoms with Gasteiger partial charge in [0.05, 0.1) is 5.39 Å². The van der Waals surface area contributed by atoms with E-state index < -0.39 is 0 Å². The van der Waals surface area contributed by atoms with E-state index in [2.05, 4.69) is 20.9 Å². The lowest BCUT2D eigenvalue weighted by molar-refractivity contribution is 0.574. The van der Waals surface area contributed by atoms with Crippen LogP contribution in [0.4, 0.5) is 10.2 Å². The molecule has 0 amide bonds. The zero-order chi connectivity index (χ0) is 15.8. The number of hydrogen-bond acceptors (Lipinski definition) is 4. The maximum Gasteiger partial charge on any atom is 0.140 e. The maximum absolute atomic E-state index is 13.9. The Morgan fingerprint density at radius 2 is 1.91 bits per heavy atom. The lowest BCUT2D eigenvalue weighted by atomic mass is 10.1. The third kappa shape index (κ3) is 2.70. The first-order valence-corrected chi connectivity index (χ1v) is 8.80. The molecule has 118 valence electrons. The molecule has 1 aromatic carbocycles. The molecule has 0 aliphatic carbocycles. The van der Waals surface area contributed by atoms with Crippen molar-refractivity contribution in [3.05, 3.63) is 42.0 Å². The summed E-state index contributed by atoms with van der Waals surface area (Å²) in [6.07, 6.45) is 5.36. The van der Waals surface area contributed by atoms with E-state index in [0.29, 0.717) is 5.56 Å². The molecule has 1 saturated heterocycles. The van der Waals surface area contributed by atoms with Crippen molar-refractivity contribution in [2.24, 2.45) is 0 Å². The second kappa shape index (κ2) is 5.89. The van der Waals surface area contributed by atoms with Crippen molar-refractivity contribution in [1.29, 1.82) is 0 Å². The number of fused-ring (bicyclic) bond motifs is 1. The largest absolute Gasteiger partial charge is 0.356 e. The summed E-state index contributed by atoms with van der Waals surface area (Å²) in [6.45, 7) is 3.89. The number of thiophene rings is 1. The van der Waals surface area contributed by atoms with Crippen LogP contribution in [-0.4, -0.2) is 23.1 Å². The normalized spacial score (nSPS) is 15.3. The highest BCUT2D eigenvalue weighted by atomic mass is 32.1. The van der Waals surface area contributed by atoms with Crippen LogP contribution in [0.25, 0.3) is 20.7 Å². The molecule has 2 aromatic heterocycles. The molecular formula is C18H18FN3S. The van der Waals surface area contributed by atoms with E-state index in [1.807, 2.05) is 12.1 Å². The van der Waals surface area contributed by atoms with Crippen LogP contribution in [0.2, 0.25) is 0 Å². The van der Waals surface area contributed by atoms with Gasteiger partial charge in [0.25, 0.3) is 0 Å². The van der Waals surface area contributed by atoms with Gasteiger partial charge in [-0.1, -0.05) is 12.1 Å². The molecule has 3 nitrogen and oxygen atoms in total. The Labute approximate surface area is 138 Å². The number of halogens is 1. The molecule has 3 heterocycles. The van der Waals surface area contributed by atoms with E-state index in [1.54, 1.807) is 30.7 Å². The standard InChI is InChI=1S/C18H18FN3S/c1-12-5-6-13(9-15(12)19)16-10-14-17(20-11-21-18(14)23-16)22-7-3-2-4-8-22/h5-6,9-11H,2-4,7-8H2,1H3. The zero-order valence-corrected chi connectivity index (χ0v) is 13.9. The van der Waals surface area contributed by atoms with Crippen LogP contribution in [0, 0.1) is 12.7 Å². The summed E-state index contributed by atoms with van der Waals surface area (Å²) in [7, 11) is 0. The first-order valence-electron chi connectivity index (χ1n) is 7.98. The van der Waals surface area contributed by atoms with Gasteiger partial charge in [-0.15, -0.1) is 11.3 Å². The average molecular weight is 327 g/mol. The van der Waals surface area contributed by atoms with Crippen molar-refractivity contribution in [2.75, 3.05) is 18.0 Å². The van der Waals surface area contributed by atoms with Gasteiger partial charge in [0.1, 0.15) is 22.8 Å². The van der Waals surface area contributed by atoms with Gasteiger partial charge in [0.2, 0.25) is 0 Å². The molecule has 23 heavy (non-hydrogen) atoms. The fourth-order valence-electron chi connectivity index (χ4n) is 3.09. The molecular weight excluding hydrogens is 309 g/mol. The molecule has 3 aromatic rings. The summed E-state index contributed by atoms with van der Waals surface area (Å²) >= 11 is 1.60. The molecule has 4 rings (SSSR count). The van der Waals surface area contributed by atoms with Crippen LogP contribution < -0.4 is 4.90 Å². The van der Waals surface area contributed by atoms with Gasteiger partial charge in [-0.05, 0) is 49.4 Å². The molecule has 0 unspecified atom stereocenters. The van der Waals surface area contributed by atoms with Crippen LogP contribution in [0.3, 0.4) is 0 Å². The summed E-state index contributed by atoms with van der Waals surface area (Å²) in [5, 5.41) is 1.08. The van der Waals surface area contributed by atoms with Crippen molar-refractivity contribution >= 4 is 27.4 Å². The lowest BCUT2D eigenvalue weighted by Crippen LogP contribution is -2.30. The average Bonchev–Trinajstić information content (AvgIpc) is 3.02. The minimum absolute atomic E-state index is 0.165. The smallest absolute Gasteiger partial charge is 0.140 e. The van der Waals surface area contributed by atoms with Crippen LogP contribution in [0.1, 0.15) is 24.8 Å². The summed E-state index contributed by atoms with van der Waals surface area (Å²) in [4.78, 5) is 13.3. The molecule has 5 heteroatoms. The van der Waals surface area contributed by atoms with Gasteiger partial charge in [-0.3, -0.25) is 0 Å². The van der Waals surface area contributed by atoms with Crippen molar-refractivity contribution in [1.82, 2.24) is 9.97 Å². The Morgan fingerprint density at radius 1 is 1.09 bits per heavy atom. The molecule has 1 aliphatic rings. The number of rotatable bonds is 2. The Kier molecular flexibility index (Phi) is 3.73. The first-order chi connectivity index (χ1) is 11.2. The molecule has 0 saturated carbocycles. The minimum atomic E-state index is -0.165. The molecule has 0 N–H and O–H groups in total. The molecule has 0 radical (unpaired) electrons. The number of benzene rings is 1. The first kappa shape index (κ1) is 14.6. The SMILES string of the molecule is Cc1ccc(-c2cc3c(N4CCCCC4)ncnc3s2)cc1F. The molecule has 1 fully saturated rings. The van der Waals surface area contributed by atoms with Crippen LogP contribution in [0.15, 0.2) is 30.6 Å². The Hall–Kier alpha value is -2.01. The van der Waals surface area contributed by atoms with E-state index in [0.717, 1.165) is 39.6 Å². The second-order valence-electron chi connectivity index (χ2n) is 6.04. The van der Waals surface area contributed by atoms with Gasteiger partial charge < -0.3 is 4.90 Å². The number of piperidine rings is 1. The van der Waals surface area contributed by atoms with E-state index in [9.17, 15) is 4.39 Å². The number of aromatic nitrogens is 2. The van der Waals surface area contributed by atoms with E-state index in [1.165, 1.54) is 19.3 Å². The van der Waals surface area contributed by atoms with Crippen molar-refractivity contribution < 1.29 is 4.39 Å². The highest BCUT2D eigenvalue weighted by molar-refractivity contribution is 7.21. The molecule has 1 aliphatic heterocycles. The second-order valence-corrected chi connectivity index (χ2v) is 7.07. The number of hydrogen-bond donors (Lipinski definition) is 0. The Balaban J connectivity index is 1.79. The topological polar surface area (TPSA) is 29.0 Å². The van der Waals surface area contributed by atoms with E-state index in [4.69, 9.17) is 0 Å². The van der Waals surface area contributed by atoms with Gasteiger partial charge in [0.15, 0.2) is 0 Å². The fourth-order valence-corrected chi connectivity index (χ4v) is 4.08. The third-order valence-electron chi connectivity index (χ3n) is 4.42. The molecule has 0 atom stereocenters. The zero-order valence-electron chi connectivity index (χ0n) is 13.1. The van der Waals surface area contributed by atoms with Gasteiger partial charge in [-0.2, -0.15) is 0 Å². The van der Waals surface area contributed by atoms with E-state index in [-0.39, 0.29) is 5.82 Å². The van der Waals surface area contributed by atoms with Crippen LogP contribution in [-0.2, 0) is 0 Å². The summed E-state index contributed by atoms with van der Waals surface area (Å²) in [5.74, 6) is 0.854. The van der Waals surface area contributed by atoms with Crippen molar-refractivity contribution in [3.63, 3.8) is 0 Å².